The highest BCUT2D eigenvalue weighted by molar-refractivity contribution is 6.17. The van der Waals surface area contributed by atoms with Crippen molar-refractivity contribution in [3.63, 3.8) is 0 Å². The minimum absolute atomic E-state index is 0.395. The number of carbonyl (C=O) groups is 1. The van der Waals surface area contributed by atoms with Crippen LogP contribution >= 0.6 is 0 Å². The summed E-state index contributed by atoms with van der Waals surface area (Å²) in [6.45, 7) is 1.99. The number of nitrogens with zero attached hydrogens (tertiary/aromatic N) is 2. The quantitative estimate of drug-likeness (QED) is 0.514. The van der Waals surface area contributed by atoms with Crippen LogP contribution < -0.4 is 0 Å². The van der Waals surface area contributed by atoms with Crippen molar-refractivity contribution in [1.29, 1.82) is 0 Å². The fourth-order valence-corrected chi connectivity index (χ4v) is 2.28. The van der Waals surface area contributed by atoms with Gasteiger partial charge in [0.2, 0.25) is 6.41 Å². The first kappa shape index (κ1) is 12.1. The fourth-order valence-electron chi connectivity index (χ4n) is 2.28. The maximum atomic E-state index is 10.9. The lowest BCUT2D eigenvalue weighted by molar-refractivity contribution is -0.115. The maximum absolute atomic E-state index is 10.9. The molecule has 4 heteroatoms. The predicted octanol–water partition coefficient (Wildman–Crippen LogP) is 1.38. The van der Waals surface area contributed by atoms with E-state index in [1.54, 1.807) is 11.9 Å². The average molecular weight is 206 g/mol. The van der Waals surface area contributed by atoms with E-state index in [9.17, 15) is 4.79 Å². The van der Waals surface area contributed by atoms with Crippen molar-refractivity contribution in [3.05, 3.63) is 11.4 Å². The zero-order valence-electron chi connectivity index (χ0n) is 10.1. The van der Waals surface area contributed by atoms with Crippen LogP contribution in [0.4, 0.5) is 0 Å². The Balaban J connectivity index is 3.19. The molecule has 0 heterocycles. The molecule has 1 aliphatic rings. The zero-order chi connectivity index (χ0) is 11.6. The van der Waals surface area contributed by atoms with E-state index in [2.05, 4.69) is 4.90 Å². The van der Waals surface area contributed by atoms with Crippen molar-refractivity contribution >= 4 is 14.3 Å². The number of rotatable bonds is 3. The van der Waals surface area contributed by atoms with E-state index in [4.69, 9.17) is 7.85 Å². The number of hydrogen-bond donors (Lipinski definition) is 0. The summed E-state index contributed by atoms with van der Waals surface area (Å²) < 4.78 is 0. The van der Waals surface area contributed by atoms with Gasteiger partial charge < -0.3 is 9.80 Å². The highest BCUT2D eigenvalue weighted by Gasteiger charge is 2.32. The standard InChI is InChI=1S/C11H19BN2O/c1-11(12)7-5-6-9(13(2)3)10(11)14(4)8-15/h8H,5-7H2,1-4H3. The van der Waals surface area contributed by atoms with Gasteiger partial charge >= 0.3 is 0 Å². The summed E-state index contributed by atoms with van der Waals surface area (Å²) in [5, 5.41) is -0.395. The van der Waals surface area contributed by atoms with E-state index in [1.807, 2.05) is 21.0 Å². The molecule has 1 amide bonds. The maximum Gasteiger partial charge on any atom is 0.213 e. The normalized spacial score (nSPS) is 26.4. The lowest BCUT2D eigenvalue weighted by Crippen LogP contribution is -2.33. The Labute approximate surface area is 93.5 Å². The minimum Gasteiger partial charge on any atom is -0.380 e. The molecule has 3 nitrogen and oxygen atoms in total. The molecule has 0 saturated heterocycles. The molecule has 15 heavy (non-hydrogen) atoms. The molecule has 1 unspecified atom stereocenters. The van der Waals surface area contributed by atoms with Crippen LogP contribution in [0.25, 0.3) is 0 Å². The molecule has 0 saturated carbocycles. The SMILES string of the molecule is [B]C1(C)CCCC(N(C)C)=C1N(C)C=O. The average Bonchev–Trinajstić information content (AvgIpc) is 2.14. The molecule has 1 aliphatic carbocycles. The first-order valence-corrected chi connectivity index (χ1v) is 5.28. The Hall–Kier alpha value is -0.925. The molecule has 0 spiro atoms. The molecule has 2 radical (unpaired) electrons. The van der Waals surface area contributed by atoms with Gasteiger partial charge in [-0.05, 0) is 18.2 Å². The lowest BCUT2D eigenvalue weighted by atomic mass is 9.61. The van der Waals surface area contributed by atoms with E-state index in [1.165, 1.54) is 5.70 Å². The lowest BCUT2D eigenvalue weighted by Gasteiger charge is -2.40. The third-order valence-corrected chi connectivity index (χ3v) is 2.97. The molecule has 0 aliphatic heterocycles. The van der Waals surface area contributed by atoms with Crippen LogP contribution in [0.1, 0.15) is 26.2 Å². The van der Waals surface area contributed by atoms with Crippen molar-refractivity contribution in [1.82, 2.24) is 9.80 Å². The smallest absolute Gasteiger partial charge is 0.213 e. The van der Waals surface area contributed by atoms with E-state index in [0.717, 1.165) is 31.4 Å². The number of amides is 1. The van der Waals surface area contributed by atoms with Gasteiger partial charge in [-0.1, -0.05) is 13.3 Å². The second-order valence-corrected chi connectivity index (χ2v) is 4.68. The van der Waals surface area contributed by atoms with E-state index >= 15 is 0 Å². The number of allylic oxidation sites excluding steroid dienone is 2. The molecule has 0 bridgehead atoms. The van der Waals surface area contributed by atoms with Crippen LogP contribution in [0.5, 0.6) is 0 Å². The van der Waals surface area contributed by atoms with Crippen molar-refractivity contribution in [2.45, 2.75) is 31.5 Å². The summed E-state index contributed by atoms with van der Waals surface area (Å²) in [4.78, 5) is 14.5. The Bertz CT molecular complexity index is 284. The zero-order valence-corrected chi connectivity index (χ0v) is 10.1. The molecule has 0 aromatic heterocycles. The third-order valence-electron chi connectivity index (χ3n) is 2.97. The molecular formula is C11H19BN2O. The van der Waals surface area contributed by atoms with Gasteiger partial charge in [0.05, 0.1) is 7.85 Å². The predicted molar refractivity (Wildman–Crippen MR) is 62.5 cm³/mol. The summed E-state index contributed by atoms with van der Waals surface area (Å²) in [6, 6.07) is 0. The third kappa shape index (κ3) is 2.36. The highest BCUT2D eigenvalue weighted by Crippen LogP contribution is 2.45. The first-order chi connectivity index (χ1) is 6.90. The Morgan fingerprint density at radius 1 is 1.40 bits per heavy atom. The van der Waals surface area contributed by atoms with Crippen LogP contribution in [0.2, 0.25) is 5.31 Å². The topological polar surface area (TPSA) is 23.6 Å². The molecule has 0 aromatic rings. The minimum atomic E-state index is -0.395. The van der Waals surface area contributed by atoms with Crippen LogP contribution in [-0.2, 0) is 4.79 Å². The van der Waals surface area contributed by atoms with Crippen molar-refractivity contribution in [3.8, 4) is 0 Å². The summed E-state index contributed by atoms with van der Waals surface area (Å²) in [6.07, 6.45) is 3.83. The summed E-state index contributed by atoms with van der Waals surface area (Å²) in [7, 11) is 12.0. The van der Waals surface area contributed by atoms with Gasteiger partial charge in [-0.25, -0.2) is 0 Å². The summed E-state index contributed by atoms with van der Waals surface area (Å²) in [5.74, 6) is 0. The van der Waals surface area contributed by atoms with Crippen molar-refractivity contribution in [2.24, 2.45) is 0 Å². The first-order valence-electron chi connectivity index (χ1n) is 5.28. The van der Waals surface area contributed by atoms with Crippen LogP contribution in [0, 0.1) is 0 Å². The van der Waals surface area contributed by atoms with Crippen LogP contribution in [0.15, 0.2) is 11.4 Å². The molecule has 1 atom stereocenters. The monoisotopic (exact) mass is 206 g/mol. The molecule has 0 aromatic carbocycles. The highest BCUT2D eigenvalue weighted by atomic mass is 16.1. The summed E-state index contributed by atoms with van der Waals surface area (Å²) in [5.41, 5.74) is 2.12. The second-order valence-electron chi connectivity index (χ2n) is 4.68. The number of hydrogen-bond acceptors (Lipinski definition) is 2. The van der Waals surface area contributed by atoms with E-state index < -0.39 is 5.31 Å². The Morgan fingerprint density at radius 2 is 2.00 bits per heavy atom. The van der Waals surface area contributed by atoms with E-state index in [0.29, 0.717) is 0 Å². The van der Waals surface area contributed by atoms with Gasteiger partial charge in [0.1, 0.15) is 0 Å². The second kappa shape index (κ2) is 4.29. The van der Waals surface area contributed by atoms with Crippen molar-refractivity contribution < 1.29 is 4.79 Å². The van der Waals surface area contributed by atoms with Gasteiger partial charge in [-0.3, -0.25) is 4.79 Å². The number of carbonyl (C=O) groups excluding carboxylic acids is 1. The van der Waals surface area contributed by atoms with Gasteiger partial charge in [-0.15, -0.1) is 0 Å². The Morgan fingerprint density at radius 3 is 2.47 bits per heavy atom. The molecule has 0 fully saturated rings. The van der Waals surface area contributed by atoms with Crippen molar-refractivity contribution in [2.75, 3.05) is 21.1 Å². The van der Waals surface area contributed by atoms with Gasteiger partial charge in [-0.2, -0.15) is 0 Å². The Kier molecular flexibility index (Phi) is 3.48. The largest absolute Gasteiger partial charge is 0.380 e. The molecular weight excluding hydrogens is 187 g/mol. The molecule has 82 valence electrons. The van der Waals surface area contributed by atoms with E-state index in [-0.39, 0.29) is 0 Å². The molecule has 1 rings (SSSR count). The van der Waals surface area contributed by atoms with Crippen LogP contribution in [0.3, 0.4) is 0 Å². The van der Waals surface area contributed by atoms with Crippen LogP contribution in [-0.4, -0.2) is 45.2 Å². The van der Waals surface area contributed by atoms with Gasteiger partial charge in [0.15, 0.2) is 0 Å². The fraction of sp³-hybridized carbons (Fsp3) is 0.727. The summed E-state index contributed by atoms with van der Waals surface area (Å²) >= 11 is 0. The van der Waals surface area contributed by atoms with Gasteiger partial charge in [0, 0.05) is 32.5 Å². The molecule has 0 N–H and O–H groups in total. The van der Waals surface area contributed by atoms with Gasteiger partial charge in [0.25, 0.3) is 0 Å².